The molecule has 0 aromatic carbocycles. The second-order valence-corrected chi connectivity index (χ2v) is 14.3. The average Bonchev–Trinajstić information content (AvgIpc) is 3.21. The zero-order chi connectivity index (χ0) is 43.7. The first-order valence-corrected chi connectivity index (χ1v) is 21.3. The Morgan fingerprint density at radius 3 is 1.24 bits per heavy atom. The molecule has 1 aromatic rings. The molecule has 334 valence electrons. The van der Waals surface area contributed by atoms with Crippen molar-refractivity contribution in [2.45, 2.75) is 175 Å². The molecule has 59 heavy (non-hydrogen) atoms. The summed E-state index contributed by atoms with van der Waals surface area (Å²) >= 11 is 0. The van der Waals surface area contributed by atoms with Gasteiger partial charge in [0.1, 0.15) is 5.78 Å². The fourth-order valence-corrected chi connectivity index (χ4v) is 6.09. The Bertz CT molecular complexity index is 1630. The van der Waals surface area contributed by atoms with Crippen molar-refractivity contribution in [3.05, 3.63) is 44.1 Å². The molecule has 0 atom stereocenters. The average molecular weight is 838 g/mol. The molecule has 0 aliphatic carbocycles. The zero-order valence-corrected chi connectivity index (χ0v) is 35.3. The Balaban J connectivity index is 2.68. The van der Waals surface area contributed by atoms with Crippen LogP contribution in [-0.4, -0.2) is 75.9 Å². The van der Waals surface area contributed by atoms with Crippen LogP contribution in [-0.2, 0) is 72.1 Å². The Labute approximate surface area is 346 Å². The van der Waals surface area contributed by atoms with Gasteiger partial charge in [-0.25, -0.2) is 42.5 Å². The van der Waals surface area contributed by atoms with Gasteiger partial charge < -0.3 is 23.7 Å². The Morgan fingerprint density at radius 2 is 0.831 bits per heavy atom. The molecule has 0 amide bonds. The molecule has 17 heteroatoms. The molecule has 0 N–H and O–H groups in total. The number of rotatable bonds is 36. The van der Waals surface area contributed by atoms with Gasteiger partial charge in [-0.05, 0) is 51.9 Å². The number of hydrogen-bond acceptors (Lipinski definition) is 14. The summed E-state index contributed by atoms with van der Waals surface area (Å²) < 4.78 is 27.0. The maximum Gasteiger partial charge on any atom is 0.347 e. The Morgan fingerprint density at radius 1 is 0.458 bits per heavy atom. The minimum Gasteiger partial charge on any atom is -0.463 e. The molecule has 1 heterocycles. The smallest absolute Gasteiger partial charge is 0.347 e. The lowest BCUT2D eigenvalue weighted by molar-refractivity contribution is -0.171. The van der Waals surface area contributed by atoms with Crippen LogP contribution in [0.15, 0.2) is 27.0 Å². The van der Waals surface area contributed by atoms with Gasteiger partial charge in [0.25, 0.3) is 0 Å². The normalized spacial score (nSPS) is 10.8. The highest BCUT2D eigenvalue weighted by molar-refractivity contribution is 5.81. The summed E-state index contributed by atoms with van der Waals surface area (Å²) in [6, 6.07) is 0. The number of carbonyl (C=O) groups is 6. The number of ketones is 1. The standard InChI is InChI=1S/C42H67N3O14/c1-4-7-17-24-34(46)25-18-11-8-14-21-28-43-40(52)44(29-22-15-9-12-19-26-36(48)56-31-38(50)55-6-3)42(54)45(41(43)53)30-23-16-10-13-20-27-37(49)57-32-39(51)59-33-58-35(47)5-2/h5H,2,4,6-33H2,1,3H3. The lowest BCUT2D eigenvalue weighted by atomic mass is 10.0. The Hall–Kier alpha value is -4.83. The summed E-state index contributed by atoms with van der Waals surface area (Å²) in [6.45, 7) is 6.00. The van der Waals surface area contributed by atoms with Crippen molar-refractivity contribution in [1.29, 1.82) is 0 Å². The van der Waals surface area contributed by atoms with Crippen molar-refractivity contribution in [3.8, 4) is 0 Å². The lowest BCUT2D eigenvalue weighted by Crippen LogP contribution is -2.54. The molecule has 1 aromatic heterocycles. The first-order chi connectivity index (χ1) is 28.4. The predicted octanol–water partition coefficient (Wildman–Crippen LogP) is 5.22. The molecular formula is C42H67N3O14. The van der Waals surface area contributed by atoms with Gasteiger partial charge in [0.15, 0.2) is 13.2 Å². The molecule has 0 unspecified atom stereocenters. The van der Waals surface area contributed by atoms with Crippen molar-refractivity contribution in [2.75, 3.05) is 26.6 Å². The number of carbonyl (C=O) groups excluding carboxylic acids is 6. The summed E-state index contributed by atoms with van der Waals surface area (Å²) in [6.07, 6.45) is 15.6. The van der Waals surface area contributed by atoms with Crippen molar-refractivity contribution in [1.82, 2.24) is 13.7 Å². The zero-order valence-electron chi connectivity index (χ0n) is 35.3. The highest BCUT2D eigenvalue weighted by Gasteiger charge is 2.16. The van der Waals surface area contributed by atoms with Gasteiger partial charge in [-0.15, -0.1) is 0 Å². The van der Waals surface area contributed by atoms with E-state index in [9.17, 15) is 43.2 Å². The van der Waals surface area contributed by atoms with Crippen LogP contribution in [0.25, 0.3) is 0 Å². The van der Waals surface area contributed by atoms with Crippen LogP contribution in [0, 0.1) is 0 Å². The van der Waals surface area contributed by atoms with Crippen LogP contribution in [0.1, 0.15) is 155 Å². The van der Waals surface area contributed by atoms with E-state index in [0.717, 1.165) is 71.1 Å². The van der Waals surface area contributed by atoms with E-state index in [4.69, 9.17) is 14.2 Å². The van der Waals surface area contributed by atoms with Crippen molar-refractivity contribution < 1.29 is 52.5 Å². The van der Waals surface area contributed by atoms with Gasteiger partial charge in [-0.3, -0.25) is 14.4 Å². The summed E-state index contributed by atoms with van der Waals surface area (Å²) in [5.41, 5.74) is -1.91. The van der Waals surface area contributed by atoms with E-state index >= 15 is 0 Å². The van der Waals surface area contributed by atoms with E-state index in [0.29, 0.717) is 82.8 Å². The number of unbranched alkanes of at least 4 members (excludes halogenated alkanes) is 14. The topological polar surface area (TPSA) is 215 Å². The third-order valence-electron chi connectivity index (χ3n) is 9.40. The number of nitrogens with zero attached hydrogens (tertiary/aromatic N) is 3. The van der Waals surface area contributed by atoms with Gasteiger partial charge in [0.2, 0.25) is 6.79 Å². The number of ether oxygens (including phenoxy) is 5. The first-order valence-electron chi connectivity index (χ1n) is 21.3. The number of aromatic nitrogens is 3. The number of hydrogen-bond donors (Lipinski definition) is 0. The fourth-order valence-electron chi connectivity index (χ4n) is 6.09. The molecule has 0 bridgehead atoms. The van der Waals surface area contributed by atoms with E-state index in [2.05, 4.69) is 23.0 Å². The molecule has 0 saturated heterocycles. The van der Waals surface area contributed by atoms with Crippen molar-refractivity contribution in [3.63, 3.8) is 0 Å². The molecule has 0 aliphatic rings. The minimum atomic E-state index is -0.866. The molecule has 17 nitrogen and oxygen atoms in total. The molecule has 0 fully saturated rings. The maximum atomic E-state index is 13.5. The van der Waals surface area contributed by atoms with Gasteiger partial charge in [0.05, 0.1) is 6.61 Å². The Kier molecular flexibility index (Phi) is 29.2. The largest absolute Gasteiger partial charge is 0.463 e. The van der Waals surface area contributed by atoms with Crippen LogP contribution in [0.5, 0.6) is 0 Å². The van der Waals surface area contributed by atoms with E-state index < -0.39 is 66.9 Å². The summed E-state index contributed by atoms with van der Waals surface area (Å²) in [4.78, 5) is 110. The van der Waals surface area contributed by atoms with Gasteiger partial charge >= 0.3 is 46.9 Å². The SMILES string of the molecule is C=CC(=O)OCOC(=O)COC(=O)CCCCCCCn1c(=O)n(CCCCCCCC(=O)CCCCC)c(=O)n(CCCCCCCC(=O)OCC(=O)OCC)c1=O. The molecule has 1 rings (SSSR count). The quantitative estimate of drug-likeness (QED) is 0.0279. The summed E-state index contributed by atoms with van der Waals surface area (Å²) in [5.74, 6) is -2.99. The van der Waals surface area contributed by atoms with Gasteiger partial charge in [-0.1, -0.05) is 84.1 Å². The van der Waals surface area contributed by atoms with E-state index in [1.165, 1.54) is 0 Å². The lowest BCUT2D eigenvalue weighted by Gasteiger charge is -2.14. The van der Waals surface area contributed by atoms with E-state index in [1.807, 2.05) is 0 Å². The van der Waals surface area contributed by atoms with Crippen LogP contribution in [0.2, 0.25) is 0 Å². The van der Waals surface area contributed by atoms with E-state index in [1.54, 1.807) is 6.92 Å². The minimum absolute atomic E-state index is 0.0781. The van der Waals surface area contributed by atoms with Gasteiger partial charge in [-0.2, -0.15) is 0 Å². The highest BCUT2D eigenvalue weighted by atomic mass is 16.7. The van der Waals surface area contributed by atoms with Crippen LogP contribution in [0.4, 0.5) is 0 Å². The predicted molar refractivity (Wildman–Crippen MR) is 217 cm³/mol. The number of esters is 5. The summed E-state index contributed by atoms with van der Waals surface area (Å²) in [7, 11) is 0. The van der Waals surface area contributed by atoms with E-state index in [-0.39, 0.29) is 39.1 Å². The fraction of sp³-hybridized carbons (Fsp3) is 0.738. The van der Waals surface area contributed by atoms with Crippen molar-refractivity contribution >= 4 is 35.6 Å². The van der Waals surface area contributed by atoms with Crippen LogP contribution < -0.4 is 17.1 Å². The van der Waals surface area contributed by atoms with Crippen LogP contribution in [0.3, 0.4) is 0 Å². The highest BCUT2D eigenvalue weighted by Crippen LogP contribution is 2.11. The second-order valence-electron chi connectivity index (χ2n) is 14.3. The third-order valence-corrected chi connectivity index (χ3v) is 9.40. The maximum absolute atomic E-state index is 13.5. The third kappa shape index (κ3) is 24.6. The first kappa shape index (κ1) is 52.2. The molecule has 0 radical (unpaired) electrons. The molecule has 0 saturated carbocycles. The van der Waals surface area contributed by atoms with Gasteiger partial charge in [0, 0.05) is 51.4 Å². The summed E-state index contributed by atoms with van der Waals surface area (Å²) in [5, 5.41) is 0. The van der Waals surface area contributed by atoms with Crippen LogP contribution >= 0.6 is 0 Å². The van der Waals surface area contributed by atoms with Crippen molar-refractivity contribution in [2.24, 2.45) is 0 Å². The monoisotopic (exact) mass is 837 g/mol. The number of Topliss-reactive ketones (excluding diaryl/α,β-unsaturated/α-hetero) is 1. The second kappa shape index (κ2) is 33.1. The molecule has 0 spiro atoms. The molecule has 0 aliphatic heterocycles. The molecular weight excluding hydrogens is 770 g/mol.